The van der Waals surface area contributed by atoms with E-state index in [-0.39, 0.29) is 93.7 Å². The second-order valence-corrected chi connectivity index (χ2v) is 0. The van der Waals surface area contributed by atoms with Crippen LogP contribution >= 0.6 is 0 Å². The van der Waals surface area contributed by atoms with Gasteiger partial charge in [-0.25, -0.2) is 0 Å². The Kier molecular flexibility index (Phi) is 114. The Morgan fingerprint density at radius 3 is 1.00 bits per heavy atom. The second kappa shape index (κ2) is 16.5. The van der Waals surface area contributed by atoms with Crippen molar-refractivity contribution in [1.29, 1.82) is 0 Å². The second-order valence-electron chi connectivity index (χ2n) is 0. The van der Waals surface area contributed by atoms with Crippen LogP contribution in [0.25, 0.3) is 0 Å². The Morgan fingerprint density at radius 2 is 1.00 bits per heavy atom. The maximum atomic E-state index is 0. The van der Waals surface area contributed by atoms with Crippen molar-refractivity contribution in [2.75, 3.05) is 0 Å². The van der Waals surface area contributed by atoms with Gasteiger partial charge in [-0.15, -0.1) is 0 Å². The molecule has 0 fully saturated rings. The summed E-state index contributed by atoms with van der Waals surface area (Å²) in [4.78, 5) is 0. The van der Waals surface area contributed by atoms with Gasteiger partial charge in [0.1, 0.15) is 0 Å². The van der Waals surface area contributed by atoms with Crippen molar-refractivity contribution < 1.29 is 69.2 Å². The van der Waals surface area contributed by atoms with Crippen LogP contribution in [-0.4, -0.2) is 24.4 Å². The molecule has 0 unspecified atom stereocenters. The molecule has 0 N–H and O–H groups in total. The molecule has 0 bridgehead atoms. The van der Waals surface area contributed by atoms with Crippen molar-refractivity contribution in [3.63, 3.8) is 0 Å². The molecule has 0 amide bonds. The van der Waals surface area contributed by atoms with E-state index in [1.54, 1.807) is 0 Å². The number of rotatable bonds is 0. The molecule has 4 heteroatoms. The summed E-state index contributed by atoms with van der Waals surface area (Å²) < 4.78 is 0. The standard InChI is InChI=1S/Fe.Sb.U.W.3H. The first kappa shape index (κ1) is 27.6. The maximum absolute atomic E-state index is 0. The fraction of sp³-hybridized carbons (Fsp3) is 0. The smallest absolute Gasteiger partial charge is 0 e. The van der Waals surface area contributed by atoms with Crippen molar-refractivity contribution >= 4 is 24.4 Å². The van der Waals surface area contributed by atoms with Gasteiger partial charge in [0.15, 0.2) is 0 Å². The van der Waals surface area contributed by atoms with Crippen LogP contribution in [-0.2, 0) is 38.1 Å². The van der Waals surface area contributed by atoms with E-state index < -0.39 is 0 Å². The van der Waals surface area contributed by atoms with Crippen LogP contribution in [0.15, 0.2) is 0 Å². The average molecular weight is 602 g/mol. The maximum Gasteiger partial charge on any atom is 0 e. The van der Waals surface area contributed by atoms with Crippen LogP contribution in [0, 0.1) is 31.1 Å². The summed E-state index contributed by atoms with van der Waals surface area (Å²) in [5, 5.41) is 0. The van der Waals surface area contributed by atoms with Crippen molar-refractivity contribution in [3.05, 3.63) is 0 Å². The van der Waals surface area contributed by atoms with Crippen LogP contribution in [0.3, 0.4) is 0 Å². The predicted octanol–water partition coefficient (Wildman–Crippen LogP) is -1.19. The third-order valence-corrected chi connectivity index (χ3v) is 0. The van der Waals surface area contributed by atoms with Gasteiger partial charge in [0.05, 0.1) is 0 Å². The SMILES string of the molecule is [Fe].[SbH3].[U].[W]. The molecule has 0 atom stereocenters. The molecule has 0 radical (unpaired) electrons. The normalized spacial score (nSPS) is 0. The molecule has 4 heavy (non-hydrogen) atoms. The van der Waals surface area contributed by atoms with Gasteiger partial charge in [0.25, 0.3) is 0 Å². The fourth-order valence-corrected chi connectivity index (χ4v) is 0. The Morgan fingerprint density at radius 1 is 1.00 bits per heavy atom. The predicted molar refractivity (Wildman–Crippen MR) is 9.94 cm³/mol. The molecule has 0 aromatic heterocycles. The Hall–Kier alpha value is 3.08. The molecule has 0 spiro atoms. The van der Waals surface area contributed by atoms with Gasteiger partial charge in [0, 0.05) is 69.2 Å². The molecule has 26 valence electrons. The Balaban J connectivity index is 0. The summed E-state index contributed by atoms with van der Waals surface area (Å²) in [5.74, 6) is 0. The topological polar surface area (TPSA) is 0 Å². The zero-order valence-electron chi connectivity index (χ0n) is 1.97. The molecule has 0 saturated heterocycles. The summed E-state index contributed by atoms with van der Waals surface area (Å²) in [6, 6.07) is 0. The summed E-state index contributed by atoms with van der Waals surface area (Å²) in [6.07, 6.45) is 0. The first-order valence-corrected chi connectivity index (χ1v) is 0. The van der Waals surface area contributed by atoms with Crippen LogP contribution in [0.1, 0.15) is 0 Å². The van der Waals surface area contributed by atoms with E-state index in [9.17, 15) is 0 Å². The van der Waals surface area contributed by atoms with E-state index in [1.807, 2.05) is 0 Å². The summed E-state index contributed by atoms with van der Waals surface area (Å²) >= 11 is 0. The summed E-state index contributed by atoms with van der Waals surface area (Å²) in [7, 11) is 0. The van der Waals surface area contributed by atoms with Crippen molar-refractivity contribution in [3.8, 4) is 0 Å². The summed E-state index contributed by atoms with van der Waals surface area (Å²) in [5.41, 5.74) is 0. The van der Waals surface area contributed by atoms with E-state index >= 15 is 0 Å². The van der Waals surface area contributed by atoms with Gasteiger partial charge in [-0.05, 0) is 0 Å². The quantitative estimate of drug-likeness (QED) is 0.307. The van der Waals surface area contributed by atoms with Crippen molar-refractivity contribution in [1.82, 2.24) is 0 Å². The van der Waals surface area contributed by atoms with Crippen LogP contribution in [0.2, 0.25) is 0 Å². The van der Waals surface area contributed by atoms with E-state index in [4.69, 9.17) is 0 Å². The molecule has 0 saturated carbocycles. The number of hydrogen-bond donors (Lipinski definition) is 0. The van der Waals surface area contributed by atoms with Gasteiger partial charge in [-0.2, -0.15) is 0 Å². The zero-order valence-corrected chi connectivity index (χ0v) is 14.2. The third-order valence-electron chi connectivity index (χ3n) is 0. The molecule has 0 aliphatic heterocycles. The molecule has 0 aliphatic rings. The largest absolute Gasteiger partial charge is 0 e. The molecule has 0 aromatic carbocycles. The fourth-order valence-electron chi connectivity index (χ4n) is 0. The minimum Gasteiger partial charge on any atom is 0 e. The van der Waals surface area contributed by atoms with Crippen LogP contribution < -0.4 is 0 Å². The van der Waals surface area contributed by atoms with Gasteiger partial charge in [-0.3, -0.25) is 0 Å². The van der Waals surface area contributed by atoms with Gasteiger partial charge >= 0.3 is 24.4 Å². The van der Waals surface area contributed by atoms with Gasteiger partial charge in [-0.1, -0.05) is 0 Å². The van der Waals surface area contributed by atoms with Gasteiger partial charge < -0.3 is 0 Å². The molecular weight excluding hydrogens is 599 g/mol. The van der Waals surface area contributed by atoms with Crippen molar-refractivity contribution in [2.45, 2.75) is 0 Å². The van der Waals surface area contributed by atoms with E-state index in [1.165, 1.54) is 0 Å². The van der Waals surface area contributed by atoms with E-state index in [0.717, 1.165) is 0 Å². The molecular formula is H3FeSbUW. The number of hydrogen-bond acceptors (Lipinski definition) is 0. The molecule has 0 nitrogen and oxygen atoms in total. The van der Waals surface area contributed by atoms with Crippen LogP contribution in [0.5, 0.6) is 0 Å². The Labute approximate surface area is 91.8 Å². The first-order chi connectivity index (χ1) is 0. The summed E-state index contributed by atoms with van der Waals surface area (Å²) in [6.45, 7) is 0. The van der Waals surface area contributed by atoms with E-state index in [2.05, 4.69) is 0 Å². The van der Waals surface area contributed by atoms with Crippen LogP contribution in [0.4, 0.5) is 0 Å². The first-order valence-electron chi connectivity index (χ1n) is 0. The molecule has 0 rings (SSSR count). The minimum absolute atomic E-state index is 0. The zero-order chi connectivity index (χ0) is 0. The monoisotopic (exact) mass is 602 g/mol. The average Bonchev–Trinajstić information content (AvgIpc) is 0. The molecule has 0 aliphatic carbocycles. The Bertz CT molecular complexity index is 8.00. The minimum atomic E-state index is 0. The van der Waals surface area contributed by atoms with Crippen molar-refractivity contribution in [2.24, 2.45) is 0 Å². The van der Waals surface area contributed by atoms with E-state index in [0.29, 0.717) is 0 Å². The van der Waals surface area contributed by atoms with Gasteiger partial charge in [0.2, 0.25) is 0 Å². The molecule has 0 heterocycles. The third kappa shape index (κ3) is 8.91. The molecule has 0 aromatic rings.